The van der Waals surface area contributed by atoms with Crippen molar-refractivity contribution in [2.75, 3.05) is 13.1 Å². The van der Waals surface area contributed by atoms with E-state index in [1.54, 1.807) is 0 Å². The molecule has 0 aromatic rings. The van der Waals surface area contributed by atoms with E-state index in [9.17, 15) is 4.79 Å². The Bertz CT molecular complexity index is 201. The highest BCUT2D eigenvalue weighted by atomic mass is 16.1. The number of nitrogens with zero attached hydrogens (tertiary/aromatic N) is 1. The quantitative estimate of drug-likeness (QED) is 0.615. The maximum Gasteiger partial charge on any atom is 0.137 e. The summed E-state index contributed by atoms with van der Waals surface area (Å²) < 4.78 is 0. The Kier molecular flexibility index (Phi) is 2.83. The van der Waals surface area contributed by atoms with Gasteiger partial charge in [-0.1, -0.05) is 6.92 Å². The highest BCUT2D eigenvalue weighted by Crippen LogP contribution is 2.34. The van der Waals surface area contributed by atoms with E-state index >= 15 is 0 Å². The normalized spacial score (nSPS) is 24.0. The van der Waals surface area contributed by atoms with Crippen LogP contribution in [0.5, 0.6) is 0 Å². The minimum absolute atomic E-state index is 0.0955. The molecule has 0 aromatic carbocycles. The van der Waals surface area contributed by atoms with E-state index in [2.05, 4.69) is 11.4 Å². The zero-order valence-electron chi connectivity index (χ0n) is 7.34. The van der Waals surface area contributed by atoms with Gasteiger partial charge in [-0.2, -0.15) is 5.26 Å². The molecule has 0 radical (unpaired) electrons. The minimum Gasteiger partial charge on any atom is -0.317 e. The molecule has 0 spiro atoms. The molecule has 0 aliphatic carbocycles. The third-order valence-corrected chi connectivity index (χ3v) is 2.77. The fourth-order valence-electron chi connectivity index (χ4n) is 1.66. The average molecular weight is 166 g/mol. The van der Waals surface area contributed by atoms with Gasteiger partial charge in [0, 0.05) is 0 Å². The maximum atomic E-state index is 10.6. The van der Waals surface area contributed by atoms with Crippen molar-refractivity contribution < 1.29 is 4.79 Å². The first-order valence-electron chi connectivity index (χ1n) is 4.28. The molecule has 12 heavy (non-hydrogen) atoms. The molecule has 1 saturated heterocycles. The molecular weight excluding hydrogens is 152 g/mol. The van der Waals surface area contributed by atoms with E-state index in [1.165, 1.54) is 0 Å². The number of rotatable bonds is 2. The van der Waals surface area contributed by atoms with E-state index in [-0.39, 0.29) is 5.41 Å². The summed E-state index contributed by atoms with van der Waals surface area (Å²) in [6.45, 7) is 3.86. The second-order valence-electron chi connectivity index (χ2n) is 3.65. The molecule has 0 saturated carbocycles. The molecule has 1 atom stereocenters. The van der Waals surface area contributed by atoms with Crippen molar-refractivity contribution in [3.63, 3.8) is 0 Å². The van der Waals surface area contributed by atoms with Gasteiger partial charge in [0.1, 0.15) is 12.2 Å². The van der Waals surface area contributed by atoms with Gasteiger partial charge in [-0.3, -0.25) is 0 Å². The van der Waals surface area contributed by atoms with Crippen molar-refractivity contribution in [1.29, 1.82) is 5.26 Å². The number of carbonyl (C=O) groups excluding carboxylic acids is 1. The molecule has 1 rings (SSSR count). The Hall–Kier alpha value is -0.880. The third kappa shape index (κ3) is 1.64. The molecular formula is C9H14N2O. The smallest absolute Gasteiger partial charge is 0.137 e. The topological polar surface area (TPSA) is 52.9 Å². The van der Waals surface area contributed by atoms with Crippen LogP contribution in [0.4, 0.5) is 0 Å². The van der Waals surface area contributed by atoms with Crippen molar-refractivity contribution in [3.05, 3.63) is 0 Å². The molecule has 1 unspecified atom stereocenters. The van der Waals surface area contributed by atoms with E-state index in [4.69, 9.17) is 5.26 Å². The first-order valence-corrected chi connectivity index (χ1v) is 4.28. The van der Waals surface area contributed by atoms with E-state index in [0.29, 0.717) is 0 Å². The summed E-state index contributed by atoms with van der Waals surface area (Å²) in [5.74, 6) is -0.431. The van der Waals surface area contributed by atoms with Gasteiger partial charge >= 0.3 is 0 Å². The number of carbonyl (C=O) groups is 1. The average Bonchev–Trinajstić information content (AvgIpc) is 2.07. The largest absolute Gasteiger partial charge is 0.317 e. The van der Waals surface area contributed by atoms with Crippen LogP contribution in [0.3, 0.4) is 0 Å². The van der Waals surface area contributed by atoms with Crippen LogP contribution in [0.25, 0.3) is 0 Å². The summed E-state index contributed by atoms with van der Waals surface area (Å²) in [6.07, 6.45) is 2.62. The second kappa shape index (κ2) is 3.68. The molecule has 66 valence electrons. The van der Waals surface area contributed by atoms with Gasteiger partial charge in [-0.05, 0) is 31.3 Å². The van der Waals surface area contributed by atoms with Gasteiger partial charge in [-0.25, -0.2) is 0 Å². The molecule has 1 N–H and O–H groups in total. The van der Waals surface area contributed by atoms with Crippen LogP contribution in [0.15, 0.2) is 0 Å². The predicted molar refractivity (Wildman–Crippen MR) is 45.4 cm³/mol. The highest BCUT2D eigenvalue weighted by Gasteiger charge is 2.35. The lowest BCUT2D eigenvalue weighted by Crippen LogP contribution is -2.39. The minimum atomic E-state index is -0.431. The van der Waals surface area contributed by atoms with E-state index in [0.717, 1.165) is 32.2 Å². The van der Waals surface area contributed by atoms with Crippen LogP contribution < -0.4 is 5.32 Å². The van der Waals surface area contributed by atoms with Crippen molar-refractivity contribution in [3.8, 4) is 6.07 Å². The summed E-state index contributed by atoms with van der Waals surface area (Å²) in [4.78, 5) is 10.6. The predicted octanol–water partition coefficient (Wildman–Crippen LogP) is 0.715. The van der Waals surface area contributed by atoms with Gasteiger partial charge in [0.25, 0.3) is 0 Å². The van der Waals surface area contributed by atoms with E-state index < -0.39 is 5.92 Å². The lowest BCUT2D eigenvalue weighted by molar-refractivity contribution is -0.113. The summed E-state index contributed by atoms with van der Waals surface area (Å²) in [6, 6.07) is 2.07. The van der Waals surface area contributed by atoms with Gasteiger partial charge in [0.05, 0.1) is 6.07 Å². The third-order valence-electron chi connectivity index (χ3n) is 2.77. The number of piperidine rings is 1. The summed E-state index contributed by atoms with van der Waals surface area (Å²) >= 11 is 0. The molecule has 1 fully saturated rings. The van der Waals surface area contributed by atoms with Gasteiger partial charge < -0.3 is 10.1 Å². The molecule has 1 heterocycles. The zero-order valence-corrected chi connectivity index (χ0v) is 7.34. The molecule has 0 aromatic heterocycles. The van der Waals surface area contributed by atoms with Gasteiger partial charge in [0.2, 0.25) is 0 Å². The van der Waals surface area contributed by atoms with Crippen molar-refractivity contribution >= 4 is 6.29 Å². The molecule has 3 heteroatoms. The van der Waals surface area contributed by atoms with E-state index in [1.807, 2.05) is 6.92 Å². The van der Waals surface area contributed by atoms with Crippen LogP contribution >= 0.6 is 0 Å². The van der Waals surface area contributed by atoms with Crippen LogP contribution in [-0.4, -0.2) is 19.4 Å². The lowest BCUT2D eigenvalue weighted by Gasteiger charge is -2.35. The molecule has 1 aliphatic rings. The van der Waals surface area contributed by atoms with Gasteiger partial charge in [-0.15, -0.1) is 0 Å². The first-order chi connectivity index (χ1) is 5.73. The molecule has 1 aliphatic heterocycles. The zero-order chi connectivity index (χ0) is 9.03. The first kappa shape index (κ1) is 9.21. The summed E-state index contributed by atoms with van der Waals surface area (Å²) in [5.41, 5.74) is -0.0955. The van der Waals surface area contributed by atoms with Crippen molar-refractivity contribution in [1.82, 2.24) is 5.32 Å². The lowest BCUT2D eigenvalue weighted by atomic mass is 9.72. The standard InChI is InChI=1S/C9H14N2O/c1-9(8(6-10)7-12)2-4-11-5-3-9/h7-8,11H,2-5H2,1H3. The Balaban J connectivity index is 2.68. The highest BCUT2D eigenvalue weighted by molar-refractivity contribution is 5.59. The molecule has 0 amide bonds. The Morgan fingerprint density at radius 1 is 1.58 bits per heavy atom. The Morgan fingerprint density at radius 3 is 2.58 bits per heavy atom. The SMILES string of the molecule is CC1(C(C#N)C=O)CCNCC1. The molecule has 3 nitrogen and oxygen atoms in total. The summed E-state index contributed by atoms with van der Waals surface area (Å²) in [7, 11) is 0. The Morgan fingerprint density at radius 2 is 2.17 bits per heavy atom. The fraction of sp³-hybridized carbons (Fsp3) is 0.778. The molecule has 0 bridgehead atoms. The number of nitriles is 1. The second-order valence-corrected chi connectivity index (χ2v) is 3.65. The fourth-order valence-corrected chi connectivity index (χ4v) is 1.66. The summed E-state index contributed by atoms with van der Waals surface area (Å²) in [5, 5.41) is 12.0. The van der Waals surface area contributed by atoms with Crippen LogP contribution in [0.2, 0.25) is 0 Å². The van der Waals surface area contributed by atoms with Crippen LogP contribution in [0.1, 0.15) is 19.8 Å². The Labute approximate surface area is 72.8 Å². The number of hydrogen-bond acceptors (Lipinski definition) is 3. The van der Waals surface area contributed by atoms with Crippen molar-refractivity contribution in [2.45, 2.75) is 19.8 Å². The van der Waals surface area contributed by atoms with Gasteiger partial charge in [0.15, 0.2) is 0 Å². The maximum absolute atomic E-state index is 10.6. The monoisotopic (exact) mass is 166 g/mol. The number of hydrogen-bond donors (Lipinski definition) is 1. The van der Waals surface area contributed by atoms with Crippen LogP contribution in [-0.2, 0) is 4.79 Å². The number of nitrogens with one attached hydrogen (secondary N) is 1. The van der Waals surface area contributed by atoms with Crippen LogP contribution in [0, 0.1) is 22.7 Å². The van der Waals surface area contributed by atoms with Crippen molar-refractivity contribution in [2.24, 2.45) is 11.3 Å². The number of aldehydes is 1.